The number of nitrogens with one attached hydrogen (secondary N) is 2. The number of carbonyl (C=O) groups is 1. The Bertz CT molecular complexity index is 248. The summed E-state index contributed by atoms with van der Waals surface area (Å²) in [4.78, 5) is 14.1. The fourth-order valence-corrected chi connectivity index (χ4v) is 2.58. The highest BCUT2D eigenvalue weighted by Gasteiger charge is 2.11. The Kier molecular flexibility index (Phi) is 9.67. The van der Waals surface area contributed by atoms with Gasteiger partial charge < -0.3 is 10.6 Å². The maximum atomic E-state index is 11.8. The van der Waals surface area contributed by atoms with E-state index >= 15 is 0 Å². The Morgan fingerprint density at radius 3 is 2.75 bits per heavy atom. The SMILES string of the molecule is CC(C)CCCCCCNC(=O)CN1CCCNCC1. The summed E-state index contributed by atoms with van der Waals surface area (Å²) in [6.07, 6.45) is 7.45. The Morgan fingerprint density at radius 1 is 1.15 bits per heavy atom. The highest BCUT2D eigenvalue weighted by molar-refractivity contribution is 5.77. The van der Waals surface area contributed by atoms with Crippen LogP contribution in [0.1, 0.15) is 52.4 Å². The van der Waals surface area contributed by atoms with E-state index in [-0.39, 0.29) is 5.91 Å². The molecular formula is C16H33N3O. The number of hydrogen-bond acceptors (Lipinski definition) is 3. The Labute approximate surface area is 124 Å². The second-order valence-corrected chi connectivity index (χ2v) is 6.33. The number of carbonyl (C=O) groups excluding carboxylic acids is 1. The quantitative estimate of drug-likeness (QED) is 0.636. The van der Waals surface area contributed by atoms with E-state index in [0.29, 0.717) is 6.54 Å². The van der Waals surface area contributed by atoms with E-state index in [2.05, 4.69) is 29.4 Å². The zero-order valence-corrected chi connectivity index (χ0v) is 13.4. The van der Waals surface area contributed by atoms with Crippen LogP contribution in [0.4, 0.5) is 0 Å². The van der Waals surface area contributed by atoms with E-state index in [1.807, 2.05) is 0 Å². The van der Waals surface area contributed by atoms with Gasteiger partial charge in [0.15, 0.2) is 0 Å². The van der Waals surface area contributed by atoms with Gasteiger partial charge in [-0.15, -0.1) is 0 Å². The molecule has 118 valence electrons. The minimum atomic E-state index is 0.189. The van der Waals surface area contributed by atoms with E-state index in [4.69, 9.17) is 0 Å². The van der Waals surface area contributed by atoms with E-state index in [1.165, 1.54) is 25.7 Å². The molecule has 1 saturated heterocycles. The molecular weight excluding hydrogens is 250 g/mol. The molecule has 1 rings (SSSR count). The summed E-state index contributed by atoms with van der Waals surface area (Å²) < 4.78 is 0. The monoisotopic (exact) mass is 283 g/mol. The fourth-order valence-electron chi connectivity index (χ4n) is 2.58. The molecule has 0 aromatic heterocycles. The van der Waals surface area contributed by atoms with Crippen molar-refractivity contribution in [3.63, 3.8) is 0 Å². The molecule has 0 aromatic carbocycles. The highest BCUT2D eigenvalue weighted by atomic mass is 16.2. The number of hydrogen-bond donors (Lipinski definition) is 2. The van der Waals surface area contributed by atoms with Gasteiger partial charge in [0.2, 0.25) is 5.91 Å². The van der Waals surface area contributed by atoms with Gasteiger partial charge in [0.25, 0.3) is 0 Å². The van der Waals surface area contributed by atoms with Crippen molar-refractivity contribution in [3.8, 4) is 0 Å². The van der Waals surface area contributed by atoms with Crippen molar-refractivity contribution in [1.82, 2.24) is 15.5 Å². The zero-order valence-electron chi connectivity index (χ0n) is 13.4. The second-order valence-electron chi connectivity index (χ2n) is 6.33. The smallest absolute Gasteiger partial charge is 0.234 e. The van der Waals surface area contributed by atoms with Crippen LogP contribution < -0.4 is 10.6 Å². The fraction of sp³-hybridized carbons (Fsp3) is 0.938. The average molecular weight is 283 g/mol. The lowest BCUT2D eigenvalue weighted by atomic mass is 10.0. The van der Waals surface area contributed by atoms with Gasteiger partial charge in [-0.3, -0.25) is 9.69 Å². The normalized spacial score (nSPS) is 17.1. The molecule has 0 radical (unpaired) electrons. The topological polar surface area (TPSA) is 44.4 Å². The minimum Gasteiger partial charge on any atom is -0.355 e. The van der Waals surface area contributed by atoms with Crippen LogP contribution in [0.2, 0.25) is 0 Å². The molecule has 0 saturated carbocycles. The van der Waals surface area contributed by atoms with E-state index in [0.717, 1.165) is 51.5 Å². The molecule has 4 heteroatoms. The molecule has 1 heterocycles. The number of unbranched alkanes of at least 4 members (excludes halogenated alkanes) is 3. The molecule has 0 aliphatic carbocycles. The number of rotatable bonds is 9. The van der Waals surface area contributed by atoms with Crippen LogP contribution in [-0.4, -0.2) is 50.1 Å². The highest BCUT2D eigenvalue weighted by Crippen LogP contribution is 2.08. The van der Waals surface area contributed by atoms with E-state index in [1.54, 1.807) is 0 Å². The molecule has 0 atom stereocenters. The largest absolute Gasteiger partial charge is 0.355 e. The molecule has 0 bridgehead atoms. The third-order valence-electron chi connectivity index (χ3n) is 3.83. The molecule has 1 fully saturated rings. The summed E-state index contributed by atoms with van der Waals surface area (Å²) in [5.74, 6) is 1.01. The van der Waals surface area contributed by atoms with Crippen molar-refractivity contribution < 1.29 is 4.79 Å². The maximum Gasteiger partial charge on any atom is 0.234 e. The first kappa shape index (κ1) is 17.4. The van der Waals surface area contributed by atoms with Gasteiger partial charge in [0, 0.05) is 19.6 Å². The predicted molar refractivity (Wildman–Crippen MR) is 84.9 cm³/mol. The summed E-state index contributed by atoms with van der Waals surface area (Å²) in [5, 5.41) is 6.41. The predicted octanol–water partition coefficient (Wildman–Crippen LogP) is 2.00. The van der Waals surface area contributed by atoms with E-state index in [9.17, 15) is 4.79 Å². The maximum absolute atomic E-state index is 11.8. The third-order valence-corrected chi connectivity index (χ3v) is 3.83. The van der Waals surface area contributed by atoms with Crippen LogP contribution in [0, 0.1) is 5.92 Å². The van der Waals surface area contributed by atoms with Crippen LogP contribution in [0.5, 0.6) is 0 Å². The number of nitrogens with zero attached hydrogens (tertiary/aromatic N) is 1. The van der Waals surface area contributed by atoms with Gasteiger partial charge in [0.05, 0.1) is 6.54 Å². The van der Waals surface area contributed by atoms with Crippen LogP contribution in [0.25, 0.3) is 0 Å². The molecule has 1 amide bonds. The first-order chi connectivity index (χ1) is 9.68. The van der Waals surface area contributed by atoms with Gasteiger partial charge in [-0.05, 0) is 31.8 Å². The Balaban J connectivity index is 1.94. The van der Waals surface area contributed by atoms with Crippen molar-refractivity contribution >= 4 is 5.91 Å². The van der Waals surface area contributed by atoms with Gasteiger partial charge in [-0.1, -0.05) is 39.5 Å². The summed E-state index contributed by atoms with van der Waals surface area (Å²) in [7, 11) is 0. The van der Waals surface area contributed by atoms with Gasteiger partial charge in [-0.25, -0.2) is 0 Å². The van der Waals surface area contributed by atoms with Crippen LogP contribution in [-0.2, 0) is 4.79 Å². The van der Waals surface area contributed by atoms with E-state index < -0.39 is 0 Å². The van der Waals surface area contributed by atoms with Crippen LogP contribution >= 0.6 is 0 Å². The standard InChI is InChI=1S/C16H33N3O/c1-15(2)8-5-3-4-6-10-18-16(20)14-19-12-7-9-17-11-13-19/h15,17H,3-14H2,1-2H3,(H,18,20). The van der Waals surface area contributed by atoms with Crippen molar-refractivity contribution in [2.75, 3.05) is 39.3 Å². The zero-order chi connectivity index (χ0) is 14.6. The summed E-state index contributed by atoms with van der Waals surface area (Å²) in [5.41, 5.74) is 0. The average Bonchev–Trinajstić information content (AvgIpc) is 2.66. The third kappa shape index (κ3) is 9.32. The summed E-state index contributed by atoms with van der Waals surface area (Å²) in [6, 6.07) is 0. The molecule has 20 heavy (non-hydrogen) atoms. The lowest BCUT2D eigenvalue weighted by Gasteiger charge is -2.18. The summed E-state index contributed by atoms with van der Waals surface area (Å²) >= 11 is 0. The molecule has 2 N–H and O–H groups in total. The van der Waals surface area contributed by atoms with Gasteiger partial charge >= 0.3 is 0 Å². The van der Waals surface area contributed by atoms with Crippen molar-refractivity contribution in [2.24, 2.45) is 5.92 Å². The minimum absolute atomic E-state index is 0.189. The summed E-state index contributed by atoms with van der Waals surface area (Å²) in [6.45, 7) is 10.1. The molecule has 1 aliphatic heterocycles. The lowest BCUT2D eigenvalue weighted by Crippen LogP contribution is -2.39. The van der Waals surface area contributed by atoms with Crippen molar-refractivity contribution in [2.45, 2.75) is 52.4 Å². The van der Waals surface area contributed by atoms with Crippen LogP contribution in [0.3, 0.4) is 0 Å². The van der Waals surface area contributed by atoms with Crippen molar-refractivity contribution in [1.29, 1.82) is 0 Å². The second kappa shape index (κ2) is 11.1. The number of amides is 1. The van der Waals surface area contributed by atoms with Crippen molar-refractivity contribution in [3.05, 3.63) is 0 Å². The first-order valence-electron chi connectivity index (χ1n) is 8.38. The van der Waals surface area contributed by atoms with Crippen LogP contribution in [0.15, 0.2) is 0 Å². The first-order valence-corrected chi connectivity index (χ1v) is 8.38. The molecule has 0 aromatic rings. The molecule has 0 spiro atoms. The Morgan fingerprint density at radius 2 is 1.95 bits per heavy atom. The molecule has 4 nitrogen and oxygen atoms in total. The lowest BCUT2D eigenvalue weighted by molar-refractivity contribution is -0.122. The van der Waals surface area contributed by atoms with Gasteiger partial charge in [0.1, 0.15) is 0 Å². The molecule has 0 unspecified atom stereocenters. The van der Waals surface area contributed by atoms with Gasteiger partial charge in [-0.2, -0.15) is 0 Å². The Hall–Kier alpha value is -0.610. The molecule has 1 aliphatic rings.